The lowest BCUT2D eigenvalue weighted by molar-refractivity contribution is 0.0526. The van der Waals surface area contributed by atoms with Crippen LogP contribution in [0, 0.1) is 5.92 Å². The van der Waals surface area contributed by atoms with Gasteiger partial charge in [-0.25, -0.2) is 4.79 Å². The fourth-order valence-corrected chi connectivity index (χ4v) is 3.09. The zero-order valence-corrected chi connectivity index (χ0v) is 13.7. The van der Waals surface area contributed by atoms with E-state index in [1.165, 1.54) is 25.7 Å². The van der Waals surface area contributed by atoms with Gasteiger partial charge in [0.15, 0.2) is 0 Å². The zero-order valence-electron chi connectivity index (χ0n) is 12.1. The molecular weight excluding hydrogens is 318 g/mol. The highest BCUT2D eigenvalue weighted by Gasteiger charge is 2.19. The number of nitrogens with one attached hydrogen (secondary N) is 1. The Morgan fingerprint density at radius 3 is 2.65 bits per heavy atom. The third-order valence-corrected chi connectivity index (χ3v) is 4.51. The Balaban J connectivity index is 2.00. The van der Waals surface area contributed by atoms with E-state index in [1.807, 2.05) is 25.1 Å². The first-order valence-electron chi connectivity index (χ1n) is 7.33. The van der Waals surface area contributed by atoms with Gasteiger partial charge < -0.3 is 10.1 Å². The van der Waals surface area contributed by atoms with Crippen LogP contribution >= 0.6 is 15.9 Å². The van der Waals surface area contributed by atoms with Crippen molar-refractivity contribution in [1.82, 2.24) is 0 Å². The Hall–Kier alpha value is -1.03. The first-order chi connectivity index (χ1) is 9.60. The minimum Gasteiger partial charge on any atom is -0.462 e. The molecule has 2 rings (SSSR count). The number of carbonyl (C=O) groups excluding carboxylic acids is 1. The number of esters is 1. The first-order valence-corrected chi connectivity index (χ1v) is 8.12. The number of hydrogen-bond donors (Lipinski definition) is 1. The molecule has 0 heterocycles. The second-order valence-electron chi connectivity index (χ2n) is 5.52. The number of rotatable bonds is 4. The summed E-state index contributed by atoms with van der Waals surface area (Å²) in [6, 6.07) is 6.13. The largest absolute Gasteiger partial charge is 0.462 e. The van der Waals surface area contributed by atoms with Crippen LogP contribution in [0.2, 0.25) is 0 Å². The van der Waals surface area contributed by atoms with Gasteiger partial charge >= 0.3 is 5.97 Å². The number of hydrogen-bond acceptors (Lipinski definition) is 3. The summed E-state index contributed by atoms with van der Waals surface area (Å²) in [6.07, 6.45) is 5.01. The fraction of sp³-hybridized carbons (Fsp3) is 0.562. The van der Waals surface area contributed by atoms with Crippen molar-refractivity contribution in [2.45, 2.75) is 45.6 Å². The van der Waals surface area contributed by atoms with Crippen molar-refractivity contribution in [3.63, 3.8) is 0 Å². The second-order valence-corrected chi connectivity index (χ2v) is 6.37. The van der Waals surface area contributed by atoms with Crippen LogP contribution in [0.25, 0.3) is 0 Å². The van der Waals surface area contributed by atoms with Crippen LogP contribution in [-0.2, 0) is 4.74 Å². The normalized spacial score (nSPS) is 22.4. The molecular formula is C16H22BrNO2. The molecule has 0 atom stereocenters. The van der Waals surface area contributed by atoms with E-state index in [9.17, 15) is 4.79 Å². The molecule has 1 saturated carbocycles. The lowest BCUT2D eigenvalue weighted by atomic mass is 9.87. The maximum absolute atomic E-state index is 11.7. The third-order valence-electron chi connectivity index (χ3n) is 3.86. The lowest BCUT2D eigenvalue weighted by Gasteiger charge is -2.28. The summed E-state index contributed by atoms with van der Waals surface area (Å²) in [5.74, 6) is 0.578. The fourth-order valence-electron chi connectivity index (χ4n) is 2.60. The second kappa shape index (κ2) is 7.11. The predicted molar refractivity (Wildman–Crippen MR) is 85.1 cm³/mol. The van der Waals surface area contributed by atoms with Crippen LogP contribution in [0.15, 0.2) is 22.7 Å². The van der Waals surface area contributed by atoms with Crippen LogP contribution in [0.3, 0.4) is 0 Å². The summed E-state index contributed by atoms with van der Waals surface area (Å²) in [5.41, 5.74) is 1.64. The van der Waals surface area contributed by atoms with Crippen LogP contribution in [-0.4, -0.2) is 18.6 Å². The van der Waals surface area contributed by atoms with Crippen molar-refractivity contribution in [3.05, 3.63) is 28.2 Å². The molecule has 0 aromatic heterocycles. The van der Waals surface area contributed by atoms with Gasteiger partial charge in [0.1, 0.15) is 0 Å². The Morgan fingerprint density at radius 1 is 1.35 bits per heavy atom. The highest BCUT2D eigenvalue weighted by molar-refractivity contribution is 9.10. The average Bonchev–Trinajstić information content (AvgIpc) is 2.43. The molecule has 1 N–H and O–H groups in total. The van der Waals surface area contributed by atoms with Gasteiger partial charge in [0.2, 0.25) is 0 Å². The highest BCUT2D eigenvalue weighted by Crippen LogP contribution is 2.29. The predicted octanol–water partition coefficient (Wildman–Crippen LogP) is 4.62. The quantitative estimate of drug-likeness (QED) is 0.813. The van der Waals surface area contributed by atoms with E-state index in [0.717, 1.165) is 16.1 Å². The smallest absolute Gasteiger partial charge is 0.338 e. The SMILES string of the molecule is CCOC(=O)c1ccc(NC2CCC(C)CC2)c(Br)c1. The number of ether oxygens (including phenoxy) is 1. The summed E-state index contributed by atoms with van der Waals surface area (Å²) in [6.45, 7) is 4.53. The van der Waals surface area contributed by atoms with Gasteiger partial charge in [-0.1, -0.05) is 6.92 Å². The van der Waals surface area contributed by atoms with Crippen LogP contribution in [0.5, 0.6) is 0 Å². The van der Waals surface area contributed by atoms with Crippen molar-refractivity contribution >= 4 is 27.6 Å². The Kier molecular flexibility index (Phi) is 5.46. The van der Waals surface area contributed by atoms with E-state index in [1.54, 1.807) is 0 Å². The topological polar surface area (TPSA) is 38.3 Å². The van der Waals surface area contributed by atoms with E-state index in [0.29, 0.717) is 18.2 Å². The maximum Gasteiger partial charge on any atom is 0.338 e. The van der Waals surface area contributed by atoms with Gasteiger partial charge in [-0.15, -0.1) is 0 Å². The van der Waals surface area contributed by atoms with Crippen molar-refractivity contribution in [1.29, 1.82) is 0 Å². The summed E-state index contributed by atoms with van der Waals surface area (Å²) in [4.78, 5) is 11.7. The third kappa shape index (κ3) is 3.98. The Labute approximate surface area is 129 Å². The van der Waals surface area contributed by atoms with E-state index < -0.39 is 0 Å². The first kappa shape index (κ1) is 15.4. The molecule has 110 valence electrons. The van der Waals surface area contributed by atoms with Gasteiger partial charge in [0.25, 0.3) is 0 Å². The van der Waals surface area contributed by atoms with Crippen LogP contribution < -0.4 is 5.32 Å². The van der Waals surface area contributed by atoms with Gasteiger partial charge in [-0.2, -0.15) is 0 Å². The standard InChI is InChI=1S/C16H22BrNO2/c1-3-20-16(19)12-6-9-15(14(17)10-12)18-13-7-4-11(2)5-8-13/h6,9-11,13,18H,3-5,7-8H2,1-2H3. The summed E-state index contributed by atoms with van der Waals surface area (Å²) in [7, 11) is 0. The summed E-state index contributed by atoms with van der Waals surface area (Å²) >= 11 is 3.53. The molecule has 1 aromatic rings. The molecule has 1 fully saturated rings. The molecule has 0 saturated heterocycles. The van der Waals surface area contributed by atoms with E-state index in [-0.39, 0.29) is 5.97 Å². The van der Waals surface area contributed by atoms with E-state index in [4.69, 9.17) is 4.74 Å². The van der Waals surface area contributed by atoms with Crippen molar-refractivity contribution in [3.8, 4) is 0 Å². The highest BCUT2D eigenvalue weighted by atomic mass is 79.9. The molecule has 0 radical (unpaired) electrons. The molecule has 1 aliphatic rings. The van der Waals surface area contributed by atoms with Gasteiger partial charge in [0.05, 0.1) is 12.2 Å². The van der Waals surface area contributed by atoms with Gasteiger partial charge in [-0.05, 0) is 72.7 Å². The Morgan fingerprint density at radius 2 is 2.05 bits per heavy atom. The summed E-state index contributed by atoms with van der Waals surface area (Å²) in [5, 5.41) is 3.57. The lowest BCUT2D eigenvalue weighted by Crippen LogP contribution is -2.25. The molecule has 3 nitrogen and oxygen atoms in total. The molecule has 0 bridgehead atoms. The molecule has 4 heteroatoms. The van der Waals surface area contributed by atoms with Gasteiger partial charge in [0, 0.05) is 16.2 Å². The maximum atomic E-state index is 11.7. The van der Waals surface area contributed by atoms with Crippen LogP contribution in [0.4, 0.5) is 5.69 Å². The number of anilines is 1. The Bertz CT molecular complexity index is 468. The number of halogens is 1. The monoisotopic (exact) mass is 339 g/mol. The molecule has 1 aliphatic carbocycles. The van der Waals surface area contributed by atoms with Crippen molar-refractivity contribution < 1.29 is 9.53 Å². The van der Waals surface area contributed by atoms with E-state index >= 15 is 0 Å². The van der Waals surface area contributed by atoms with Crippen molar-refractivity contribution in [2.24, 2.45) is 5.92 Å². The van der Waals surface area contributed by atoms with Crippen LogP contribution in [0.1, 0.15) is 49.9 Å². The number of benzene rings is 1. The molecule has 0 unspecified atom stereocenters. The minimum atomic E-state index is -0.272. The average molecular weight is 340 g/mol. The van der Waals surface area contributed by atoms with Gasteiger partial charge in [-0.3, -0.25) is 0 Å². The number of carbonyl (C=O) groups is 1. The molecule has 20 heavy (non-hydrogen) atoms. The molecule has 1 aromatic carbocycles. The molecule has 0 aliphatic heterocycles. The summed E-state index contributed by atoms with van der Waals surface area (Å²) < 4.78 is 5.92. The molecule has 0 amide bonds. The van der Waals surface area contributed by atoms with Crippen molar-refractivity contribution in [2.75, 3.05) is 11.9 Å². The minimum absolute atomic E-state index is 0.272. The van der Waals surface area contributed by atoms with E-state index in [2.05, 4.69) is 28.2 Å². The molecule has 0 spiro atoms. The zero-order chi connectivity index (χ0) is 14.5.